The quantitative estimate of drug-likeness (QED) is 0.823. The van der Waals surface area contributed by atoms with Gasteiger partial charge in [-0.3, -0.25) is 4.79 Å². The summed E-state index contributed by atoms with van der Waals surface area (Å²) in [6.45, 7) is 3.18. The van der Waals surface area contributed by atoms with Crippen molar-refractivity contribution in [3.8, 4) is 0 Å². The second-order valence-electron chi connectivity index (χ2n) is 4.31. The van der Waals surface area contributed by atoms with E-state index in [0.29, 0.717) is 6.42 Å². The molecule has 0 aromatic heterocycles. The Morgan fingerprint density at radius 1 is 1.33 bits per heavy atom. The summed E-state index contributed by atoms with van der Waals surface area (Å²) in [7, 11) is -3.82. The molecule has 2 N–H and O–H groups in total. The molecule has 1 aromatic carbocycles. The van der Waals surface area contributed by atoms with Crippen LogP contribution in [0.5, 0.6) is 0 Å². The summed E-state index contributed by atoms with van der Waals surface area (Å²) in [5, 5.41) is 9.15. The summed E-state index contributed by atoms with van der Waals surface area (Å²) in [6, 6.07) is 7.73. The number of rotatable bonds is 6. The fourth-order valence-corrected chi connectivity index (χ4v) is 3.07. The smallest absolute Gasteiger partial charge is 0.324 e. The zero-order valence-electron chi connectivity index (χ0n) is 10.4. The van der Waals surface area contributed by atoms with Crippen molar-refractivity contribution in [1.29, 1.82) is 0 Å². The minimum absolute atomic E-state index is 0.0635. The molecule has 18 heavy (non-hydrogen) atoms. The molecule has 0 bridgehead atoms. The van der Waals surface area contributed by atoms with Crippen molar-refractivity contribution in [3.05, 3.63) is 30.3 Å². The molecule has 0 unspecified atom stereocenters. The minimum Gasteiger partial charge on any atom is -0.480 e. The van der Waals surface area contributed by atoms with Gasteiger partial charge in [0.25, 0.3) is 0 Å². The van der Waals surface area contributed by atoms with E-state index in [-0.39, 0.29) is 11.3 Å². The second-order valence-corrected chi connectivity index (χ2v) is 5.99. The first kappa shape index (κ1) is 14.7. The van der Waals surface area contributed by atoms with Gasteiger partial charge < -0.3 is 5.11 Å². The van der Waals surface area contributed by atoms with Crippen molar-refractivity contribution < 1.29 is 18.3 Å². The van der Waals surface area contributed by atoms with Gasteiger partial charge in [-0.05, 0) is 25.5 Å². The Hall–Kier alpha value is -1.40. The Labute approximate surface area is 107 Å². The molecule has 1 aromatic rings. The molecule has 0 radical (unpaired) electrons. The van der Waals surface area contributed by atoms with E-state index < -0.39 is 21.5 Å². The zero-order valence-corrected chi connectivity index (χ0v) is 11.2. The summed E-state index contributed by atoms with van der Waals surface area (Å²) in [6.07, 6.45) is 0.800. The number of nitrogens with one attached hydrogen (secondary N) is 1. The number of carboxylic acids is 1. The van der Waals surface area contributed by atoms with Gasteiger partial charge in [0.15, 0.2) is 0 Å². The SMILES string of the molecule is CCC[C@](C)(NS(=O)(=O)c1ccccc1)C(=O)O. The van der Waals surface area contributed by atoms with Gasteiger partial charge in [-0.25, -0.2) is 8.42 Å². The van der Waals surface area contributed by atoms with Crippen molar-refractivity contribution in [1.82, 2.24) is 4.72 Å². The Bertz CT molecular complexity index is 512. The first-order chi connectivity index (χ1) is 8.32. The molecular weight excluding hydrogens is 254 g/mol. The summed E-state index contributed by atoms with van der Waals surface area (Å²) >= 11 is 0. The summed E-state index contributed by atoms with van der Waals surface area (Å²) in [4.78, 5) is 11.3. The number of benzene rings is 1. The van der Waals surface area contributed by atoms with Crippen molar-refractivity contribution >= 4 is 16.0 Å². The first-order valence-electron chi connectivity index (χ1n) is 5.64. The Morgan fingerprint density at radius 2 is 1.89 bits per heavy atom. The second kappa shape index (κ2) is 5.49. The average molecular weight is 271 g/mol. The van der Waals surface area contributed by atoms with E-state index in [1.54, 1.807) is 25.1 Å². The van der Waals surface area contributed by atoms with Crippen molar-refractivity contribution in [2.45, 2.75) is 37.1 Å². The Morgan fingerprint density at radius 3 is 2.33 bits per heavy atom. The van der Waals surface area contributed by atoms with Crippen molar-refractivity contribution in [2.24, 2.45) is 0 Å². The molecule has 0 saturated carbocycles. The summed E-state index contributed by atoms with van der Waals surface area (Å²) < 4.78 is 26.4. The third-order valence-corrected chi connectivity index (χ3v) is 4.25. The number of carbonyl (C=O) groups is 1. The maximum atomic E-state index is 12.1. The molecule has 0 aliphatic carbocycles. The van der Waals surface area contributed by atoms with Gasteiger partial charge in [0.2, 0.25) is 10.0 Å². The van der Waals surface area contributed by atoms with Crippen molar-refractivity contribution in [2.75, 3.05) is 0 Å². The average Bonchev–Trinajstić information content (AvgIpc) is 2.29. The van der Waals surface area contributed by atoms with Crippen LogP contribution in [0.4, 0.5) is 0 Å². The minimum atomic E-state index is -3.82. The predicted octanol–water partition coefficient (Wildman–Crippen LogP) is 1.61. The molecule has 100 valence electrons. The maximum Gasteiger partial charge on any atom is 0.324 e. The van der Waals surface area contributed by atoms with Crippen LogP contribution in [0.25, 0.3) is 0 Å². The predicted molar refractivity (Wildman–Crippen MR) is 67.7 cm³/mol. The monoisotopic (exact) mass is 271 g/mol. The molecule has 1 atom stereocenters. The number of hydrogen-bond donors (Lipinski definition) is 2. The van der Waals surface area contributed by atoms with Gasteiger partial charge in [-0.15, -0.1) is 0 Å². The lowest BCUT2D eigenvalue weighted by Crippen LogP contribution is -2.51. The molecule has 0 fully saturated rings. The molecule has 1 rings (SSSR count). The molecule has 0 aliphatic heterocycles. The van der Waals surface area contributed by atoms with E-state index in [9.17, 15) is 13.2 Å². The fraction of sp³-hybridized carbons (Fsp3) is 0.417. The van der Waals surface area contributed by atoms with Crippen LogP contribution in [0.1, 0.15) is 26.7 Å². The van der Waals surface area contributed by atoms with E-state index in [1.165, 1.54) is 19.1 Å². The molecule has 0 saturated heterocycles. The van der Waals surface area contributed by atoms with Crippen LogP contribution < -0.4 is 4.72 Å². The lowest BCUT2D eigenvalue weighted by atomic mass is 9.98. The highest BCUT2D eigenvalue weighted by Gasteiger charge is 2.36. The lowest BCUT2D eigenvalue weighted by Gasteiger charge is -2.25. The molecule has 0 spiro atoms. The number of aliphatic carboxylic acids is 1. The standard InChI is InChI=1S/C12H17NO4S/c1-3-9-12(2,11(14)15)13-18(16,17)10-7-5-4-6-8-10/h4-8,13H,3,9H2,1-2H3,(H,14,15)/t12-/m0/s1. The molecule has 0 aliphatic rings. The lowest BCUT2D eigenvalue weighted by molar-refractivity contribution is -0.143. The van der Waals surface area contributed by atoms with E-state index in [4.69, 9.17) is 5.11 Å². The number of carboxylic acid groups (broad SMARTS) is 1. The van der Waals surface area contributed by atoms with E-state index in [0.717, 1.165) is 0 Å². The van der Waals surface area contributed by atoms with Gasteiger partial charge >= 0.3 is 5.97 Å². The molecule has 0 amide bonds. The van der Waals surface area contributed by atoms with Crippen LogP contribution in [0.3, 0.4) is 0 Å². The maximum absolute atomic E-state index is 12.1. The topological polar surface area (TPSA) is 83.5 Å². The highest BCUT2D eigenvalue weighted by molar-refractivity contribution is 7.89. The number of hydrogen-bond acceptors (Lipinski definition) is 3. The molecule has 6 heteroatoms. The van der Waals surface area contributed by atoms with Crippen LogP contribution in [0.2, 0.25) is 0 Å². The highest BCUT2D eigenvalue weighted by atomic mass is 32.2. The van der Waals surface area contributed by atoms with E-state index in [2.05, 4.69) is 4.72 Å². The largest absolute Gasteiger partial charge is 0.480 e. The van der Waals surface area contributed by atoms with Gasteiger partial charge in [-0.1, -0.05) is 31.5 Å². The molecular formula is C12H17NO4S. The first-order valence-corrected chi connectivity index (χ1v) is 7.12. The molecule has 0 heterocycles. The van der Waals surface area contributed by atoms with Gasteiger partial charge in [0.05, 0.1) is 4.90 Å². The van der Waals surface area contributed by atoms with E-state index >= 15 is 0 Å². The summed E-state index contributed by atoms with van der Waals surface area (Å²) in [5.74, 6) is -1.18. The van der Waals surface area contributed by atoms with Crippen LogP contribution in [0, 0.1) is 0 Å². The highest BCUT2D eigenvalue weighted by Crippen LogP contribution is 2.17. The van der Waals surface area contributed by atoms with E-state index in [1.807, 2.05) is 0 Å². The number of sulfonamides is 1. The van der Waals surface area contributed by atoms with Gasteiger partial charge in [-0.2, -0.15) is 4.72 Å². The molecule has 5 nitrogen and oxygen atoms in total. The van der Waals surface area contributed by atoms with Crippen LogP contribution >= 0.6 is 0 Å². The fourth-order valence-electron chi connectivity index (χ4n) is 1.66. The normalized spacial score (nSPS) is 15.0. The van der Waals surface area contributed by atoms with Crippen LogP contribution in [-0.4, -0.2) is 25.0 Å². The Balaban J connectivity index is 3.05. The third kappa shape index (κ3) is 3.30. The van der Waals surface area contributed by atoms with Crippen molar-refractivity contribution in [3.63, 3.8) is 0 Å². The zero-order chi connectivity index (χ0) is 13.8. The van der Waals surface area contributed by atoms with Gasteiger partial charge in [0.1, 0.15) is 5.54 Å². The third-order valence-electron chi connectivity index (χ3n) is 2.64. The van der Waals surface area contributed by atoms with Crippen LogP contribution in [-0.2, 0) is 14.8 Å². The van der Waals surface area contributed by atoms with Crippen LogP contribution in [0.15, 0.2) is 35.2 Å². The van der Waals surface area contributed by atoms with Gasteiger partial charge in [0, 0.05) is 0 Å². The summed E-state index contributed by atoms with van der Waals surface area (Å²) in [5.41, 5.74) is -1.48. The Kier molecular flexibility index (Phi) is 4.48.